The van der Waals surface area contributed by atoms with E-state index in [0.717, 1.165) is 24.1 Å². The largest absolute Gasteiger partial charge is 0.348 e. The normalized spacial score (nSPS) is 11.8. The predicted molar refractivity (Wildman–Crippen MR) is 121 cm³/mol. The van der Waals surface area contributed by atoms with E-state index in [2.05, 4.69) is 22.5 Å². The molecule has 4 nitrogen and oxygen atoms in total. The topological polar surface area (TPSA) is 46.9 Å². The number of benzene rings is 3. The SMILES string of the molecule is CC(CCc1ccccc1)NC(=O)c1cc(-c2ccc(F)cc2)nn1-c1ccccc1. The molecule has 1 aromatic heterocycles. The monoisotopic (exact) mass is 413 g/mol. The number of rotatable bonds is 7. The first-order chi connectivity index (χ1) is 15.1. The van der Waals surface area contributed by atoms with Crippen molar-refractivity contribution in [3.63, 3.8) is 0 Å². The molecule has 0 radical (unpaired) electrons. The molecule has 1 atom stereocenters. The van der Waals surface area contributed by atoms with Crippen molar-refractivity contribution in [1.82, 2.24) is 15.1 Å². The summed E-state index contributed by atoms with van der Waals surface area (Å²) in [6.45, 7) is 2.00. The summed E-state index contributed by atoms with van der Waals surface area (Å²) in [5.74, 6) is -0.498. The molecule has 3 aromatic carbocycles. The maximum absolute atomic E-state index is 13.3. The Labute approximate surface area is 181 Å². The minimum Gasteiger partial charge on any atom is -0.348 e. The van der Waals surface area contributed by atoms with Crippen LogP contribution < -0.4 is 5.32 Å². The molecule has 0 aliphatic heterocycles. The summed E-state index contributed by atoms with van der Waals surface area (Å²) < 4.78 is 15.0. The van der Waals surface area contributed by atoms with Crippen LogP contribution in [0, 0.1) is 5.82 Å². The van der Waals surface area contributed by atoms with E-state index in [4.69, 9.17) is 0 Å². The lowest BCUT2D eigenvalue weighted by Crippen LogP contribution is -2.34. The second-order valence-electron chi connectivity index (χ2n) is 7.57. The third-order valence-electron chi connectivity index (χ3n) is 5.17. The van der Waals surface area contributed by atoms with E-state index in [1.165, 1.54) is 17.7 Å². The van der Waals surface area contributed by atoms with Gasteiger partial charge in [0.25, 0.3) is 5.91 Å². The van der Waals surface area contributed by atoms with Crippen LogP contribution in [0.3, 0.4) is 0 Å². The molecule has 1 unspecified atom stereocenters. The van der Waals surface area contributed by atoms with Crippen molar-refractivity contribution in [2.75, 3.05) is 0 Å². The molecule has 5 heteroatoms. The Morgan fingerprint density at radius 1 is 0.968 bits per heavy atom. The molecule has 1 amide bonds. The lowest BCUT2D eigenvalue weighted by Gasteiger charge is -2.14. The molecule has 4 rings (SSSR count). The standard InChI is InChI=1S/C26H24FN3O/c1-19(12-13-20-8-4-2-5-9-20)28-26(31)25-18-24(21-14-16-22(27)17-15-21)29-30(25)23-10-6-3-7-11-23/h2-11,14-19H,12-13H2,1H3,(H,28,31). The lowest BCUT2D eigenvalue weighted by molar-refractivity contribution is 0.0930. The number of nitrogens with zero attached hydrogens (tertiary/aromatic N) is 2. The first-order valence-electron chi connectivity index (χ1n) is 10.4. The van der Waals surface area contributed by atoms with Crippen molar-refractivity contribution < 1.29 is 9.18 Å². The number of hydrogen-bond donors (Lipinski definition) is 1. The van der Waals surface area contributed by atoms with Gasteiger partial charge < -0.3 is 5.32 Å². The number of nitrogens with one attached hydrogen (secondary N) is 1. The van der Waals surface area contributed by atoms with E-state index in [1.54, 1.807) is 22.9 Å². The fraction of sp³-hybridized carbons (Fsp3) is 0.154. The molecule has 0 saturated heterocycles. The van der Waals surface area contributed by atoms with Crippen LogP contribution in [0.15, 0.2) is 91.0 Å². The summed E-state index contributed by atoms with van der Waals surface area (Å²) in [4.78, 5) is 13.1. The highest BCUT2D eigenvalue weighted by atomic mass is 19.1. The predicted octanol–water partition coefficient (Wildman–Crippen LogP) is 5.43. The van der Waals surface area contributed by atoms with Gasteiger partial charge in [-0.05, 0) is 67.8 Å². The molecule has 0 saturated carbocycles. The molecule has 0 bridgehead atoms. The third-order valence-corrected chi connectivity index (χ3v) is 5.17. The second-order valence-corrected chi connectivity index (χ2v) is 7.57. The molecule has 4 aromatic rings. The van der Waals surface area contributed by atoms with Gasteiger partial charge in [0.2, 0.25) is 0 Å². The van der Waals surface area contributed by atoms with E-state index in [-0.39, 0.29) is 17.8 Å². The van der Waals surface area contributed by atoms with Crippen molar-refractivity contribution in [2.45, 2.75) is 25.8 Å². The van der Waals surface area contributed by atoms with Crippen LogP contribution in [-0.2, 0) is 6.42 Å². The molecular formula is C26H24FN3O. The van der Waals surface area contributed by atoms with Gasteiger partial charge in [-0.25, -0.2) is 9.07 Å². The molecular weight excluding hydrogens is 389 g/mol. The number of carbonyl (C=O) groups is 1. The Morgan fingerprint density at radius 3 is 2.29 bits per heavy atom. The van der Waals surface area contributed by atoms with Gasteiger partial charge in [0.1, 0.15) is 11.5 Å². The smallest absolute Gasteiger partial charge is 0.270 e. The van der Waals surface area contributed by atoms with Crippen molar-refractivity contribution in [2.24, 2.45) is 0 Å². The van der Waals surface area contributed by atoms with Crippen molar-refractivity contribution in [3.8, 4) is 16.9 Å². The van der Waals surface area contributed by atoms with Crippen molar-refractivity contribution >= 4 is 5.91 Å². The lowest BCUT2D eigenvalue weighted by atomic mass is 10.1. The van der Waals surface area contributed by atoms with E-state index in [0.29, 0.717) is 11.4 Å². The first kappa shape index (κ1) is 20.5. The zero-order chi connectivity index (χ0) is 21.6. The molecule has 1 heterocycles. The summed E-state index contributed by atoms with van der Waals surface area (Å²) in [7, 11) is 0. The Balaban J connectivity index is 1.56. The van der Waals surface area contributed by atoms with Gasteiger partial charge >= 0.3 is 0 Å². The average molecular weight is 413 g/mol. The first-order valence-corrected chi connectivity index (χ1v) is 10.4. The minimum atomic E-state index is -0.309. The van der Waals surface area contributed by atoms with E-state index in [9.17, 15) is 9.18 Å². The Hall–Kier alpha value is -3.73. The molecule has 1 N–H and O–H groups in total. The Bertz CT molecular complexity index is 1140. The quantitative estimate of drug-likeness (QED) is 0.439. The molecule has 0 aliphatic rings. The molecule has 156 valence electrons. The zero-order valence-electron chi connectivity index (χ0n) is 17.3. The van der Waals surface area contributed by atoms with Crippen molar-refractivity contribution in [1.29, 1.82) is 0 Å². The van der Waals surface area contributed by atoms with Crippen LogP contribution in [0.5, 0.6) is 0 Å². The fourth-order valence-electron chi connectivity index (χ4n) is 3.47. The van der Waals surface area contributed by atoms with Gasteiger partial charge in [-0.15, -0.1) is 0 Å². The highest BCUT2D eigenvalue weighted by Crippen LogP contribution is 2.22. The number of amides is 1. The van der Waals surface area contributed by atoms with Crippen LogP contribution in [0.4, 0.5) is 4.39 Å². The van der Waals surface area contributed by atoms with Gasteiger partial charge in [0.05, 0.1) is 11.4 Å². The fourth-order valence-corrected chi connectivity index (χ4v) is 3.47. The molecule has 0 spiro atoms. The number of para-hydroxylation sites is 1. The maximum atomic E-state index is 13.3. The number of aromatic nitrogens is 2. The van der Waals surface area contributed by atoms with E-state index >= 15 is 0 Å². The summed E-state index contributed by atoms with van der Waals surface area (Å²) in [5, 5.41) is 7.73. The number of halogens is 1. The van der Waals surface area contributed by atoms with Crippen LogP contribution >= 0.6 is 0 Å². The van der Waals surface area contributed by atoms with E-state index < -0.39 is 0 Å². The number of hydrogen-bond acceptors (Lipinski definition) is 2. The van der Waals surface area contributed by atoms with Crippen LogP contribution in [0.2, 0.25) is 0 Å². The summed E-state index contributed by atoms with van der Waals surface area (Å²) in [6, 6.07) is 27.6. The minimum absolute atomic E-state index is 0.00102. The van der Waals surface area contributed by atoms with Crippen LogP contribution in [-0.4, -0.2) is 21.7 Å². The molecule has 0 aliphatic carbocycles. The van der Waals surface area contributed by atoms with Crippen molar-refractivity contribution in [3.05, 3.63) is 108 Å². The zero-order valence-corrected chi connectivity index (χ0v) is 17.3. The highest BCUT2D eigenvalue weighted by molar-refractivity contribution is 5.94. The van der Waals surface area contributed by atoms with Gasteiger partial charge in [0, 0.05) is 11.6 Å². The second kappa shape index (κ2) is 9.39. The van der Waals surface area contributed by atoms with Gasteiger partial charge in [0.15, 0.2) is 0 Å². The Morgan fingerprint density at radius 2 is 1.61 bits per heavy atom. The summed E-state index contributed by atoms with van der Waals surface area (Å²) >= 11 is 0. The number of aryl methyl sites for hydroxylation is 1. The third kappa shape index (κ3) is 5.07. The van der Waals surface area contributed by atoms with Gasteiger partial charge in [-0.2, -0.15) is 5.10 Å². The average Bonchev–Trinajstić information content (AvgIpc) is 3.25. The summed E-state index contributed by atoms with van der Waals surface area (Å²) in [6.07, 6.45) is 1.72. The van der Waals surface area contributed by atoms with Crippen LogP contribution in [0.1, 0.15) is 29.4 Å². The molecule has 31 heavy (non-hydrogen) atoms. The molecule has 0 fully saturated rings. The van der Waals surface area contributed by atoms with Crippen LogP contribution in [0.25, 0.3) is 16.9 Å². The highest BCUT2D eigenvalue weighted by Gasteiger charge is 2.19. The van der Waals surface area contributed by atoms with Gasteiger partial charge in [-0.3, -0.25) is 4.79 Å². The van der Waals surface area contributed by atoms with Gasteiger partial charge in [-0.1, -0.05) is 48.5 Å². The van der Waals surface area contributed by atoms with E-state index in [1.807, 2.05) is 55.5 Å². The maximum Gasteiger partial charge on any atom is 0.270 e. The number of carbonyl (C=O) groups excluding carboxylic acids is 1. The summed E-state index contributed by atoms with van der Waals surface area (Å²) in [5.41, 5.74) is 3.85. The Kier molecular flexibility index (Phi) is 6.22.